The van der Waals surface area contributed by atoms with Crippen LogP contribution in [0, 0.1) is 0 Å². The second kappa shape index (κ2) is 11.4. The molecule has 5 rings (SSSR count). The number of hydrogen-bond donors (Lipinski definition) is 2. The molecule has 2 aliphatic rings. The number of rotatable bonds is 5. The molecule has 1 aliphatic heterocycles. The Morgan fingerprint density at radius 2 is 1.67 bits per heavy atom. The number of nitrogens with one attached hydrogen (secondary N) is 2. The van der Waals surface area contributed by atoms with E-state index in [0.717, 1.165) is 25.3 Å². The Labute approximate surface area is 228 Å². The van der Waals surface area contributed by atoms with Crippen molar-refractivity contribution in [3.05, 3.63) is 70.4 Å². The highest BCUT2D eigenvalue weighted by Gasteiger charge is 2.34. The fraction of sp³-hybridized carbons (Fsp3) is 0.393. The zero-order valence-electron chi connectivity index (χ0n) is 21.1. The normalized spacial score (nSPS) is 20.1. The fourth-order valence-electron chi connectivity index (χ4n) is 5.12. The van der Waals surface area contributed by atoms with Crippen LogP contribution in [0.2, 0.25) is 5.02 Å². The van der Waals surface area contributed by atoms with E-state index in [0.29, 0.717) is 59.9 Å². The van der Waals surface area contributed by atoms with Crippen molar-refractivity contribution >= 4 is 40.0 Å². The van der Waals surface area contributed by atoms with Gasteiger partial charge in [-0.3, -0.25) is 9.59 Å². The minimum absolute atomic E-state index is 0.0925. The molecule has 2 heterocycles. The molecule has 1 aliphatic carbocycles. The van der Waals surface area contributed by atoms with E-state index in [1.807, 2.05) is 0 Å². The zero-order chi connectivity index (χ0) is 27.6. The summed E-state index contributed by atoms with van der Waals surface area (Å²) in [6.07, 6.45) is -1.74. The molecule has 2 N–H and O–H groups in total. The molecule has 0 spiro atoms. The fourth-order valence-corrected chi connectivity index (χ4v) is 5.29. The predicted molar refractivity (Wildman–Crippen MR) is 142 cm³/mol. The van der Waals surface area contributed by atoms with Crippen LogP contribution in [0.15, 0.2) is 48.5 Å². The highest BCUT2D eigenvalue weighted by molar-refractivity contribution is 6.31. The van der Waals surface area contributed by atoms with Crippen LogP contribution in [-0.4, -0.2) is 60.1 Å². The Bertz CT molecular complexity index is 1360. The third-order valence-corrected chi connectivity index (χ3v) is 7.36. The number of fused-ring (bicyclic) bond motifs is 1. The Hall–Kier alpha value is -3.37. The number of carbonyl (C=O) groups excluding carboxylic acids is 2. The molecule has 3 aromatic rings. The molecule has 1 saturated heterocycles. The van der Waals surface area contributed by atoms with Crippen LogP contribution in [0.1, 0.15) is 52.1 Å². The number of carbonyl (C=O) groups is 2. The lowest BCUT2D eigenvalue weighted by Crippen LogP contribution is -2.42. The number of morpholine rings is 1. The number of hydrogen-bond acceptors (Lipinski definition) is 5. The molecule has 2 atom stereocenters. The van der Waals surface area contributed by atoms with Gasteiger partial charge in [-0.15, -0.1) is 0 Å². The monoisotopic (exact) mass is 560 g/mol. The quantitative estimate of drug-likeness (QED) is 0.428. The molecule has 39 heavy (non-hydrogen) atoms. The summed E-state index contributed by atoms with van der Waals surface area (Å²) in [6, 6.07) is 11.9. The third kappa shape index (κ3) is 6.45. The van der Waals surface area contributed by atoms with Gasteiger partial charge >= 0.3 is 6.18 Å². The molecular weight excluding hydrogens is 533 g/mol. The van der Waals surface area contributed by atoms with Crippen LogP contribution in [0.4, 0.5) is 18.9 Å². The van der Waals surface area contributed by atoms with Crippen LogP contribution in [0.5, 0.6) is 0 Å². The molecule has 2 fully saturated rings. The van der Waals surface area contributed by atoms with Gasteiger partial charge in [-0.05, 0) is 74.2 Å². The average Bonchev–Trinajstić information content (AvgIpc) is 2.93. The summed E-state index contributed by atoms with van der Waals surface area (Å²) in [5.41, 5.74) is 0.489. The average molecular weight is 561 g/mol. The lowest BCUT2D eigenvalue weighted by atomic mass is 9.90. The molecule has 2 amide bonds. The SMILES string of the molecule is O=C(N[C@@H]1CCC[C@H](Nc2cc(C(F)(F)F)nc3ccc(Cl)cc23)C1)c1ccc(C(=O)N2CCOCC2)cc1. The largest absolute Gasteiger partial charge is 0.433 e. The van der Waals surface area contributed by atoms with Gasteiger partial charge in [0.1, 0.15) is 5.69 Å². The van der Waals surface area contributed by atoms with E-state index in [9.17, 15) is 22.8 Å². The Balaban J connectivity index is 1.25. The Morgan fingerprint density at radius 3 is 2.38 bits per heavy atom. The molecular formula is C28H28ClF3N4O3. The van der Waals surface area contributed by atoms with E-state index in [4.69, 9.17) is 16.3 Å². The first kappa shape index (κ1) is 27.2. The standard InChI is InChI=1S/C28H28ClF3N4O3/c29-19-8-9-23-22(14-19)24(16-25(35-23)28(30,31)32)33-20-2-1-3-21(15-20)34-26(37)17-4-6-18(7-5-17)27(38)36-10-12-39-13-11-36/h4-9,14,16,20-21H,1-3,10-13,15H2,(H,33,35)(H,34,37)/t20-,21+/m0/s1. The van der Waals surface area contributed by atoms with E-state index >= 15 is 0 Å². The molecule has 11 heteroatoms. The van der Waals surface area contributed by atoms with E-state index < -0.39 is 11.9 Å². The smallest absolute Gasteiger partial charge is 0.382 e. The van der Waals surface area contributed by atoms with Crippen molar-refractivity contribution in [2.45, 2.75) is 43.9 Å². The second-order valence-electron chi connectivity index (χ2n) is 9.87. The topological polar surface area (TPSA) is 83.6 Å². The molecule has 0 radical (unpaired) electrons. The Kier molecular flexibility index (Phi) is 7.95. The number of alkyl halides is 3. The first-order chi connectivity index (χ1) is 18.7. The van der Waals surface area contributed by atoms with Gasteiger partial charge in [-0.25, -0.2) is 4.98 Å². The molecule has 1 aromatic heterocycles. The van der Waals surface area contributed by atoms with Gasteiger partial charge in [0.2, 0.25) is 0 Å². The molecule has 1 saturated carbocycles. The summed E-state index contributed by atoms with van der Waals surface area (Å²) in [7, 11) is 0. The van der Waals surface area contributed by atoms with Crippen LogP contribution >= 0.6 is 11.6 Å². The second-order valence-corrected chi connectivity index (χ2v) is 10.3. The molecule has 7 nitrogen and oxygen atoms in total. The number of halogens is 4. The van der Waals surface area contributed by atoms with Crippen molar-refractivity contribution in [1.29, 1.82) is 0 Å². The van der Waals surface area contributed by atoms with E-state index in [-0.39, 0.29) is 29.4 Å². The van der Waals surface area contributed by atoms with Crippen molar-refractivity contribution in [1.82, 2.24) is 15.2 Å². The summed E-state index contributed by atoms with van der Waals surface area (Å²) in [6.45, 7) is 2.10. The van der Waals surface area contributed by atoms with Crippen molar-refractivity contribution < 1.29 is 27.5 Å². The summed E-state index contributed by atoms with van der Waals surface area (Å²) in [4.78, 5) is 31.1. The first-order valence-corrected chi connectivity index (χ1v) is 13.3. The van der Waals surface area contributed by atoms with Gasteiger partial charge in [-0.2, -0.15) is 13.2 Å². The number of anilines is 1. The lowest BCUT2D eigenvalue weighted by Gasteiger charge is -2.31. The Morgan fingerprint density at radius 1 is 0.974 bits per heavy atom. The minimum atomic E-state index is -4.59. The third-order valence-electron chi connectivity index (χ3n) is 7.12. The van der Waals surface area contributed by atoms with Gasteiger partial charge in [-0.1, -0.05) is 11.6 Å². The van der Waals surface area contributed by atoms with Crippen LogP contribution < -0.4 is 10.6 Å². The summed E-state index contributed by atoms with van der Waals surface area (Å²) < 4.78 is 45.8. The van der Waals surface area contributed by atoms with Crippen molar-refractivity contribution in [3.8, 4) is 0 Å². The maximum absolute atomic E-state index is 13.5. The van der Waals surface area contributed by atoms with Crippen molar-refractivity contribution in [2.24, 2.45) is 0 Å². The van der Waals surface area contributed by atoms with Gasteiger partial charge < -0.3 is 20.3 Å². The summed E-state index contributed by atoms with van der Waals surface area (Å²) in [5, 5.41) is 7.21. The van der Waals surface area contributed by atoms with Crippen molar-refractivity contribution in [3.63, 3.8) is 0 Å². The number of aromatic nitrogens is 1. The highest BCUT2D eigenvalue weighted by Crippen LogP contribution is 2.35. The van der Waals surface area contributed by atoms with Crippen molar-refractivity contribution in [2.75, 3.05) is 31.6 Å². The highest BCUT2D eigenvalue weighted by atomic mass is 35.5. The summed E-state index contributed by atoms with van der Waals surface area (Å²) >= 11 is 6.12. The molecule has 0 unspecified atom stereocenters. The van der Waals surface area contributed by atoms with Gasteiger partial charge in [0.25, 0.3) is 11.8 Å². The van der Waals surface area contributed by atoms with Crippen LogP contribution in [0.25, 0.3) is 10.9 Å². The van der Waals surface area contributed by atoms with Gasteiger partial charge in [0, 0.05) is 52.4 Å². The van der Waals surface area contributed by atoms with E-state index in [1.54, 1.807) is 35.2 Å². The predicted octanol–water partition coefficient (Wildman–Crippen LogP) is 5.53. The number of amides is 2. The number of pyridine rings is 1. The van der Waals surface area contributed by atoms with Gasteiger partial charge in [0.05, 0.1) is 18.7 Å². The zero-order valence-corrected chi connectivity index (χ0v) is 21.8. The van der Waals surface area contributed by atoms with E-state index in [1.165, 1.54) is 12.1 Å². The van der Waals surface area contributed by atoms with Crippen LogP contribution in [-0.2, 0) is 10.9 Å². The lowest BCUT2D eigenvalue weighted by molar-refractivity contribution is -0.140. The molecule has 0 bridgehead atoms. The number of ether oxygens (including phenoxy) is 1. The maximum atomic E-state index is 13.5. The van der Waals surface area contributed by atoms with Crippen LogP contribution in [0.3, 0.4) is 0 Å². The maximum Gasteiger partial charge on any atom is 0.433 e. The number of benzene rings is 2. The molecule has 2 aromatic carbocycles. The minimum Gasteiger partial charge on any atom is -0.382 e. The van der Waals surface area contributed by atoms with Gasteiger partial charge in [0.15, 0.2) is 0 Å². The molecule has 206 valence electrons. The number of nitrogens with zero attached hydrogens (tertiary/aromatic N) is 2. The first-order valence-electron chi connectivity index (χ1n) is 12.9. The van der Waals surface area contributed by atoms with E-state index in [2.05, 4.69) is 15.6 Å². The summed E-state index contributed by atoms with van der Waals surface area (Å²) in [5.74, 6) is -0.350.